The third kappa shape index (κ3) is 2.59. The standard InChI is InChI=1S/C11H10ClN3S/c12-5-11(13)15-9-3-1-8(2-4-9)10-6-16-7-14-10/h1-4,6-7H,5H2,(H2,13,15). The van der Waals surface area contributed by atoms with Crippen LogP contribution in [0.1, 0.15) is 0 Å². The summed E-state index contributed by atoms with van der Waals surface area (Å²) in [7, 11) is 0. The highest BCUT2D eigenvalue weighted by molar-refractivity contribution is 7.07. The van der Waals surface area contributed by atoms with Crippen molar-refractivity contribution in [2.45, 2.75) is 0 Å². The monoisotopic (exact) mass is 251 g/mol. The van der Waals surface area contributed by atoms with Crippen molar-refractivity contribution in [2.75, 3.05) is 5.88 Å². The van der Waals surface area contributed by atoms with Gasteiger partial charge in [-0.15, -0.1) is 22.9 Å². The van der Waals surface area contributed by atoms with Crippen LogP contribution in [-0.4, -0.2) is 16.7 Å². The number of aromatic nitrogens is 1. The maximum atomic E-state index is 5.55. The van der Waals surface area contributed by atoms with E-state index in [0.29, 0.717) is 5.84 Å². The van der Waals surface area contributed by atoms with Crippen LogP contribution in [0.2, 0.25) is 0 Å². The normalized spacial score (nSPS) is 11.7. The van der Waals surface area contributed by atoms with Crippen molar-refractivity contribution in [3.8, 4) is 11.3 Å². The maximum Gasteiger partial charge on any atom is 0.115 e. The maximum absolute atomic E-state index is 5.55. The van der Waals surface area contributed by atoms with E-state index in [2.05, 4.69) is 9.98 Å². The average molecular weight is 252 g/mol. The van der Waals surface area contributed by atoms with E-state index in [1.807, 2.05) is 35.2 Å². The fourth-order valence-electron chi connectivity index (χ4n) is 1.26. The van der Waals surface area contributed by atoms with Gasteiger partial charge >= 0.3 is 0 Å². The predicted octanol–water partition coefficient (Wildman–Crippen LogP) is 3.04. The number of aliphatic imine (C=N–C) groups is 1. The summed E-state index contributed by atoms with van der Waals surface area (Å²) in [5, 5.41) is 2.01. The molecular weight excluding hydrogens is 242 g/mol. The highest BCUT2D eigenvalue weighted by Gasteiger charge is 1.99. The number of rotatable bonds is 3. The summed E-state index contributed by atoms with van der Waals surface area (Å²) in [5.74, 6) is 0.663. The van der Waals surface area contributed by atoms with Crippen molar-refractivity contribution in [3.05, 3.63) is 35.2 Å². The molecular formula is C11H10ClN3S. The van der Waals surface area contributed by atoms with E-state index in [4.69, 9.17) is 17.3 Å². The Bertz CT molecular complexity index is 476. The summed E-state index contributed by atoms with van der Waals surface area (Å²) < 4.78 is 0. The summed E-state index contributed by atoms with van der Waals surface area (Å²) in [5.41, 5.74) is 10.2. The minimum Gasteiger partial charge on any atom is -0.386 e. The fraction of sp³-hybridized carbons (Fsp3) is 0.0909. The van der Waals surface area contributed by atoms with Gasteiger partial charge in [-0.3, -0.25) is 0 Å². The summed E-state index contributed by atoms with van der Waals surface area (Å²) in [6.45, 7) is 0. The average Bonchev–Trinajstić information content (AvgIpc) is 2.83. The zero-order valence-corrected chi connectivity index (χ0v) is 10.0. The van der Waals surface area contributed by atoms with Gasteiger partial charge in [0.25, 0.3) is 0 Å². The van der Waals surface area contributed by atoms with Crippen LogP contribution in [0.25, 0.3) is 11.3 Å². The van der Waals surface area contributed by atoms with Crippen molar-refractivity contribution in [3.63, 3.8) is 0 Å². The largest absolute Gasteiger partial charge is 0.386 e. The molecule has 0 aliphatic carbocycles. The van der Waals surface area contributed by atoms with Crippen molar-refractivity contribution < 1.29 is 0 Å². The summed E-state index contributed by atoms with van der Waals surface area (Å²) in [4.78, 5) is 8.37. The number of amidine groups is 1. The third-order valence-corrected chi connectivity index (χ3v) is 2.87. The van der Waals surface area contributed by atoms with Gasteiger partial charge in [-0.1, -0.05) is 12.1 Å². The van der Waals surface area contributed by atoms with Crippen LogP contribution in [-0.2, 0) is 0 Å². The second kappa shape index (κ2) is 5.09. The molecule has 0 aliphatic rings. The molecule has 3 nitrogen and oxygen atoms in total. The number of nitrogens with two attached hydrogens (primary N) is 1. The molecule has 2 N–H and O–H groups in total. The third-order valence-electron chi connectivity index (χ3n) is 2.01. The Labute approximate surface area is 103 Å². The van der Waals surface area contributed by atoms with Gasteiger partial charge in [0.2, 0.25) is 0 Å². The molecule has 1 aromatic heterocycles. The fourth-order valence-corrected chi connectivity index (χ4v) is 1.88. The molecule has 0 bridgehead atoms. The minimum absolute atomic E-state index is 0.244. The first-order chi connectivity index (χ1) is 7.79. The molecule has 0 unspecified atom stereocenters. The Kier molecular flexibility index (Phi) is 3.54. The van der Waals surface area contributed by atoms with Gasteiger partial charge in [0, 0.05) is 10.9 Å². The molecule has 1 heterocycles. The first kappa shape index (κ1) is 11.1. The van der Waals surface area contributed by atoms with E-state index in [-0.39, 0.29) is 5.88 Å². The molecule has 0 aliphatic heterocycles. The zero-order chi connectivity index (χ0) is 11.4. The Hall–Kier alpha value is -1.39. The lowest BCUT2D eigenvalue weighted by atomic mass is 10.1. The summed E-state index contributed by atoms with van der Waals surface area (Å²) in [6.07, 6.45) is 0. The molecule has 2 aromatic rings. The number of thiazole rings is 1. The van der Waals surface area contributed by atoms with Crippen LogP contribution in [0.5, 0.6) is 0 Å². The van der Waals surface area contributed by atoms with Crippen molar-refractivity contribution in [2.24, 2.45) is 10.7 Å². The number of alkyl halides is 1. The second-order valence-corrected chi connectivity index (χ2v) is 4.14. The lowest BCUT2D eigenvalue weighted by Crippen LogP contribution is -2.12. The Morgan fingerprint density at radius 2 is 2.12 bits per heavy atom. The highest BCUT2D eigenvalue weighted by Crippen LogP contribution is 2.22. The van der Waals surface area contributed by atoms with Crippen LogP contribution in [0, 0.1) is 0 Å². The van der Waals surface area contributed by atoms with E-state index in [0.717, 1.165) is 16.9 Å². The molecule has 0 saturated carbocycles. The van der Waals surface area contributed by atoms with Crippen LogP contribution < -0.4 is 5.73 Å². The van der Waals surface area contributed by atoms with Gasteiger partial charge in [0.15, 0.2) is 0 Å². The van der Waals surface area contributed by atoms with Gasteiger partial charge in [-0.05, 0) is 12.1 Å². The Balaban J connectivity index is 2.23. The number of benzene rings is 1. The van der Waals surface area contributed by atoms with E-state index >= 15 is 0 Å². The summed E-state index contributed by atoms with van der Waals surface area (Å²) >= 11 is 7.13. The van der Waals surface area contributed by atoms with Gasteiger partial charge in [-0.2, -0.15) is 0 Å². The van der Waals surface area contributed by atoms with Gasteiger partial charge < -0.3 is 5.73 Å². The first-order valence-electron chi connectivity index (χ1n) is 4.67. The van der Waals surface area contributed by atoms with Gasteiger partial charge in [0.05, 0.1) is 22.8 Å². The zero-order valence-electron chi connectivity index (χ0n) is 8.43. The Morgan fingerprint density at radius 1 is 1.38 bits per heavy atom. The molecule has 0 amide bonds. The number of halogens is 1. The smallest absolute Gasteiger partial charge is 0.115 e. The molecule has 0 fully saturated rings. The lowest BCUT2D eigenvalue weighted by molar-refractivity contribution is 1.40. The number of hydrogen-bond donors (Lipinski definition) is 1. The van der Waals surface area contributed by atoms with Gasteiger partial charge in [0.1, 0.15) is 5.84 Å². The second-order valence-electron chi connectivity index (χ2n) is 3.16. The van der Waals surface area contributed by atoms with Crippen LogP contribution in [0.15, 0.2) is 40.1 Å². The van der Waals surface area contributed by atoms with Crippen molar-refractivity contribution in [1.82, 2.24) is 4.98 Å². The molecule has 0 saturated heterocycles. The molecule has 1 aromatic carbocycles. The molecule has 16 heavy (non-hydrogen) atoms. The van der Waals surface area contributed by atoms with Crippen LogP contribution in [0.4, 0.5) is 5.69 Å². The van der Waals surface area contributed by atoms with E-state index in [1.165, 1.54) is 0 Å². The number of nitrogens with zero attached hydrogens (tertiary/aromatic N) is 2. The Morgan fingerprint density at radius 3 is 2.69 bits per heavy atom. The van der Waals surface area contributed by atoms with E-state index in [1.54, 1.807) is 11.3 Å². The predicted molar refractivity (Wildman–Crippen MR) is 69.6 cm³/mol. The van der Waals surface area contributed by atoms with Crippen molar-refractivity contribution in [1.29, 1.82) is 0 Å². The highest BCUT2D eigenvalue weighted by atomic mass is 35.5. The van der Waals surface area contributed by atoms with Gasteiger partial charge in [-0.25, -0.2) is 9.98 Å². The molecule has 2 rings (SSSR count). The quantitative estimate of drug-likeness (QED) is 0.518. The molecule has 0 radical (unpaired) electrons. The molecule has 0 spiro atoms. The lowest BCUT2D eigenvalue weighted by Gasteiger charge is -1.99. The topological polar surface area (TPSA) is 51.3 Å². The van der Waals surface area contributed by atoms with Crippen LogP contribution >= 0.6 is 22.9 Å². The first-order valence-corrected chi connectivity index (χ1v) is 6.15. The van der Waals surface area contributed by atoms with E-state index < -0.39 is 0 Å². The SMILES string of the molecule is NC(CCl)=Nc1ccc(-c2cscn2)cc1. The van der Waals surface area contributed by atoms with E-state index in [9.17, 15) is 0 Å². The van der Waals surface area contributed by atoms with Crippen molar-refractivity contribution >= 4 is 34.5 Å². The van der Waals surface area contributed by atoms with Crippen LogP contribution in [0.3, 0.4) is 0 Å². The molecule has 0 atom stereocenters. The molecule has 82 valence electrons. The number of hydrogen-bond acceptors (Lipinski definition) is 3. The minimum atomic E-state index is 0.244. The molecule has 5 heteroatoms. The summed E-state index contributed by atoms with van der Waals surface area (Å²) in [6, 6.07) is 7.73.